The molecule has 1 amide bonds. The third-order valence-corrected chi connectivity index (χ3v) is 3.66. The maximum atomic E-state index is 13.0. The number of fused-ring (bicyclic) bond motifs is 1. The van der Waals surface area contributed by atoms with Crippen LogP contribution >= 0.6 is 0 Å². The van der Waals surface area contributed by atoms with Gasteiger partial charge in [0.25, 0.3) is 0 Å². The molecule has 1 fully saturated rings. The summed E-state index contributed by atoms with van der Waals surface area (Å²) in [6.45, 7) is 0.716. The Balaban J connectivity index is 1.87. The molecule has 0 N–H and O–H groups in total. The molecule has 2 nitrogen and oxygen atoms in total. The van der Waals surface area contributed by atoms with E-state index in [2.05, 4.69) is 0 Å². The second kappa shape index (κ2) is 3.58. The van der Waals surface area contributed by atoms with Gasteiger partial charge in [-0.05, 0) is 43.0 Å². The maximum Gasteiger partial charge on any atom is 0.230 e. The first-order valence-electron chi connectivity index (χ1n) is 5.85. The van der Waals surface area contributed by atoms with E-state index < -0.39 is 0 Å². The van der Waals surface area contributed by atoms with Crippen molar-refractivity contribution in [1.82, 2.24) is 0 Å². The molecule has 3 rings (SSSR count). The van der Waals surface area contributed by atoms with Crippen LogP contribution in [-0.4, -0.2) is 12.5 Å². The van der Waals surface area contributed by atoms with Gasteiger partial charge < -0.3 is 4.90 Å². The zero-order valence-corrected chi connectivity index (χ0v) is 9.08. The highest BCUT2D eigenvalue weighted by Crippen LogP contribution is 2.34. The summed E-state index contributed by atoms with van der Waals surface area (Å²) in [6.07, 6.45) is 3.99. The van der Waals surface area contributed by atoms with E-state index in [0.29, 0.717) is 6.54 Å². The van der Waals surface area contributed by atoms with Crippen molar-refractivity contribution in [3.05, 3.63) is 29.6 Å². The van der Waals surface area contributed by atoms with Gasteiger partial charge in [-0.1, -0.05) is 6.42 Å². The highest BCUT2D eigenvalue weighted by Gasteiger charge is 2.33. The molecule has 84 valence electrons. The first-order valence-corrected chi connectivity index (χ1v) is 5.85. The predicted molar refractivity (Wildman–Crippen MR) is 59.8 cm³/mol. The minimum atomic E-state index is -0.211. The molecule has 2 aliphatic rings. The van der Waals surface area contributed by atoms with Crippen LogP contribution in [0.4, 0.5) is 10.1 Å². The minimum Gasteiger partial charge on any atom is -0.312 e. The first-order chi connectivity index (χ1) is 7.75. The molecule has 0 unspecified atom stereocenters. The van der Waals surface area contributed by atoms with Crippen molar-refractivity contribution in [2.45, 2.75) is 25.7 Å². The number of amides is 1. The van der Waals surface area contributed by atoms with E-state index >= 15 is 0 Å². The quantitative estimate of drug-likeness (QED) is 0.710. The SMILES string of the molecule is O=C(C1CCC1)N1CCc2cc(F)ccc21. The number of rotatable bonds is 1. The van der Waals surface area contributed by atoms with Gasteiger partial charge >= 0.3 is 0 Å². The Hall–Kier alpha value is -1.38. The number of hydrogen-bond donors (Lipinski definition) is 0. The molecule has 0 aromatic heterocycles. The van der Waals surface area contributed by atoms with Gasteiger partial charge in [0.05, 0.1) is 0 Å². The second-order valence-corrected chi connectivity index (χ2v) is 4.64. The lowest BCUT2D eigenvalue weighted by atomic mass is 9.84. The van der Waals surface area contributed by atoms with E-state index in [0.717, 1.165) is 30.5 Å². The molecule has 1 saturated carbocycles. The Labute approximate surface area is 94.1 Å². The maximum absolute atomic E-state index is 13.0. The Morgan fingerprint density at radius 2 is 2.19 bits per heavy atom. The van der Waals surface area contributed by atoms with Crippen molar-refractivity contribution < 1.29 is 9.18 Å². The van der Waals surface area contributed by atoms with Crippen LogP contribution in [0.2, 0.25) is 0 Å². The van der Waals surface area contributed by atoms with Crippen molar-refractivity contribution in [3.8, 4) is 0 Å². The van der Waals surface area contributed by atoms with Gasteiger partial charge in [0.1, 0.15) is 5.82 Å². The highest BCUT2D eigenvalue weighted by atomic mass is 19.1. The molecule has 1 aliphatic carbocycles. The number of hydrogen-bond acceptors (Lipinski definition) is 1. The molecule has 16 heavy (non-hydrogen) atoms. The van der Waals surface area contributed by atoms with Crippen LogP contribution in [0.1, 0.15) is 24.8 Å². The van der Waals surface area contributed by atoms with E-state index in [1.54, 1.807) is 12.1 Å². The summed E-state index contributed by atoms with van der Waals surface area (Å²) < 4.78 is 13.0. The summed E-state index contributed by atoms with van der Waals surface area (Å²) in [5.74, 6) is 0.240. The van der Waals surface area contributed by atoms with E-state index in [1.165, 1.54) is 12.5 Å². The zero-order valence-electron chi connectivity index (χ0n) is 9.08. The molecular weight excluding hydrogens is 205 g/mol. The molecule has 0 saturated heterocycles. The largest absolute Gasteiger partial charge is 0.312 e. The number of carbonyl (C=O) groups excluding carboxylic acids is 1. The number of halogens is 1. The lowest BCUT2D eigenvalue weighted by Crippen LogP contribution is -2.37. The van der Waals surface area contributed by atoms with Crippen molar-refractivity contribution in [3.63, 3.8) is 0 Å². The average Bonchev–Trinajstić information content (AvgIpc) is 2.57. The molecule has 0 spiro atoms. The van der Waals surface area contributed by atoms with Crippen molar-refractivity contribution in [2.75, 3.05) is 11.4 Å². The fraction of sp³-hybridized carbons (Fsp3) is 0.462. The average molecular weight is 219 g/mol. The summed E-state index contributed by atoms with van der Waals surface area (Å²) in [5.41, 5.74) is 1.88. The smallest absolute Gasteiger partial charge is 0.230 e. The van der Waals surface area contributed by atoms with Crippen LogP contribution in [0.5, 0.6) is 0 Å². The molecular formula is C13H14FNO. The predicted octanol–water partition coefficient (Wildman–Crippen LogP) is 2.51. The normalized spacial score (nSPS) is 19.4. The van der Waals surface area contributed by atoms with Crippen molar-refractivity contribution in [2.24, 2.45) is 5.92 Å². The van der Waals surface area contributed by atoms with Crippen LogP contribution in [0, 0.1) is 11.7 Å². The Morgan fingerprint density at radius 1 is 1.38 bits per heavy atom. The molecule has 0 radical (unpaired) electrons. The standard InChI is InChI=1S/C13H14FNO/c14-11-4-5-12-10(8-11)6-7-15(12)13(16)9-2-1-3-9/h4-5,8-9H,1-3,6-7H2. The van der Waals surface area contributed by atoms with Crippen LogP contribution < -0.4 is 4.90 Å². The van der Waals surface area contributed by atoms with Gasteiger partial charge in [-0.2, -0.15) is 0 Å². The van der Waals surface area contributed by atoms with Gasteiger partial charge in [0.15, 0.2) is 0 Å². The van der Waals surface area contributed by atoms with Crippen LogP contribution in [0.15, 0.2) is 18.2 Å². The van der Waals surface area contributed by atoms with Gasteiger partial charge in [0, 0.05) is 18.2 Å². The summed E-state index contributed by atoms with van der Waals surface area (Å²) in [6, 6.07) is 4.71. The molecule has 0 bridgehead atoms. The molecule has 3 heteroatoms. The second-order valence-electron chi connectivity index (χ2n) is 4.64. The summed E-state index contributed by atoms with van der Waals surface area (Å²) >= 11 is 0. The van der Waals surface area contributed by atoms with Crippen LogP contribution in [0.3, 0.4) is 0 Å². The lowest BCUT2D eigenvalue weighted by molar-refractivity contribution is -0.124. The molecule has 1 aromatic rings. The van der Waals surface area contributed by atoms with Crippen LogP contribution in [-0.2, 0) is 11.2 Å². The van der Waals surface area contributed by atoms with Gasteiger partial charge in [-0.25, -0.2) is 4.39 Å². The monoisotopic (exact) mass is 219 g/mol. The van der Waals surface area contributed by atoms with Gasteiger partial charge in [-0.15, -0.1) is 0 Å². The summed E-state index contributed by atoms with van der Waals surface area (Å²) in [7, 11) is 0. The Bertz CT molecular complexity index is 440. The number of anilines is 1. The third-order valence-electron chi connectivity index (χ3n) is 3.66. The summed E-state index contributed by atoms with van der Waals surface area (Å²) in [5, 5.41) is 0. The Kier molecular flexibility index (Phi) is 2.20. The van der Waals surface area contributed by atoms with E-state index in [1.807, 2.05) is 4.90 Å². The first kappa shape index (κ1) is 9.82. The zero-order chi connectivity index (χ0) is 11.1. The number of carbonyl (C=O) groups is 1. The third kappa shape index (κ3) is 1.42. The van der Waals surface area contributed by atoms with E-state index in [-0.39, 0.29) is 17.6 Å². The fourth-order valence-corrected chi connectivity index (χ4v) is 2.47. The van der Waals surface area contributed by atoms with Gasteiger partial charge in [-0.3, -0.25) is 4.79 Å². The van der Waals surface area contributed by atoms with Crippen LogP contribution in [0.25, 0.3) is 0 Å². The number of benzene rings is 1. The number of nitrogens with zero attached hydrogens (tertiary/aromatic N) is 1. The van der Waals surface area contributed by atoms with E-state index in [4.69, 9.17) is 0 Å². The van der Waals surface area contributed by atoms with E-state index in [9.17, 15) is 9.18 Å². The molecule has 1 aliphatic heterocycles. The highest BCUT2D eigenvalue weighted by molar-refractivity contribution is 5.97. The molecule has 1 aromatic carbocycles. The summed E-state index contributed by atoms with van der Waals surface area (Å²) in [4.78, 5) is 13.9. The topological polar surface area (TPSA) is 20.3 Å². The minimum absolute atomic E-state index is 0.211. The van der Waals surface area contributed by atoms with Gasteiger partial charge in [0.2, 0.25) is 5.91 Å². The molecule has 0 atom stereocenters. The Morgan fingerprint density at radius 3 is 2.88 bits per heavy atom. The lowest BCUT2D eigenvalue weighted by Gasteiger charge is -2.29. The molecule has 1 heterocycles. The fourth-order valence-electron chi connectivity index (χ4n) is 2.47. The van der Waals surface area contributed by atoms with Crippen molar-refractivity contribution in [1.29, 1.82) is 0 Å². The van der Waals surface area contributed by atoms with Crippen molar-refractivity contribution >= 4 is 11.6 Å².